The lowest BCUT2D eigenvalue weighted by Gasteiger charge is -2.39. The predicted octanol–water partition coefficient (Wildman–Crippen LogP) is 2.72. The highest BCUT2D eigenvalue weighted by atomic mass is 16.5. The number of hydrogen-bond donors (Lipinski definition) is 1. The quantitative estimate of drug-likeness (QED) is 0.816. The van der Waals surface area contributed by atoms with Gasteiger partial charge in [-0.3, -0.25) is 9.69 Å². The summed E-state index contributed by atoms with van der Waals surface area (Å²) in [6.07, 6.45) is 5.60. The summed E-state index contributed by atoms with van der Waals surface area (Å²) in [6.45, 7) is 11.7. The Kier molecular flexibility index (Phi) is 6.49. The van der Waals surface area contributed by atoms with Crippen LogP contribution in [0.25, 0.3) is 11.4 Å². The van der Waals surface area contributed by atoms with Gasteiger partial charge in [-0.25, -0.2) is 9.97 Å². The van der Waals surface area contributed by atoms with E-state index < -0.39 is 0 Å². The number of aromatic nitrogens is 3. The van der Waals surface area contributed by atoms with Crippen molar-refractivity contribution in [3.8, 4) is 11.4 Å². The molecule has 0 radical (unpaired) electrons. The Morgan fingerprint density at radius 3 is 2.53 bits per heavy atom. The Hall–Kier alpha value is -2.25. The summed E-state index contributed by atoms with van der Waals surface area (Å²) in [7, 11) is 0. The van der Waals surface area contributed by atoms with Gasteiger partial charge in [-0.1, -0.05) is 6.92 Å². The predicted molar refractivity (Wildman–Crippen MR) is 119 cm³/mol. The van der Waals surface area contributed by atoms with Crippen molar-refractivity contribution in [2.45, 2.75) is 52.2 Å². The largest absolute Gasteiger partial charge is 0.373 e. The summed E-state index contributed by atoms with van der Waals surface area (Å²) in [5.74, 6) is 2.33. The van der Waals surface area contributed by atoms with E-state index in [1.165, 1.54) is 19.4 Å². The molecule has 30 heavy (non-hydrogen) atoms. The van der Waals surface area contributed by atoms with E-state index in [9.17, 15) is 4.79 Å². The fourth-order valence-electron chi connectivity index (χ4n) is 4.68. The highest BCUT2D eigenvalue weighted by Gasteiger charge is 2.27. The van der Waals surface area contributed by atoms with Crippen LogP contribution in [0.4, 0.5) is 5.82 Å². The SMILES string of the molecule is CCc1cc(=O)[nH]c(-c2ccc(N3CCC(CN4CC(C)OC(C)C4)CC3)nc2)n1. The van der Waals surface area contributed by atoms with Crippen molar-refractivity contribution >= 4 is 5.82 Å². The number of morpholine rings is 1. The Bertz CT molecular complexity index is 879. The number of ether oxygens (including phenoxy) is 1. The maximum atomic E-state index is 11.8. The van der Waals surface area contributed by atoms with Crippen molar-refractivity contribution in [2.24, 2.45) is 5.92 Å². The van der Waals surface area contributed by atoms with E-state index in [4.69, 9.17) is 4.74 Å². The first kappa shape index (κ1) is 21.0. The van der Waals surface area contributed by atoms with Crippen LogP contribution in [0.3, 0.4) is 0 Å². The smallest absolute Gasteiger partial charge is 0.251 e. The average molecular weight is 412 g/mol. The molecule has 2 fully saturated rings. The molecule has 0 spiro atoms. The molecule has 2 atom stereocenters. The summed E-state index contributed by atoms with van der Waals surface area (Å²) in [5.41, 5.74) is 1.52. The Balaban J connectivity index is 1.34. The zero-order valence-corrected chi connectivity index (χ0v) is 18.3. The zero-order valence-electron chi connectivity index (χ0n) is 18.3. The van der Waals surface area contributed by atoms with Gasteiger partial charge < -0.3 is 14.6 Å². The highest BCUT2D eigenvalue weighted by Crippen LogP contribution is 2.25. The number of pyridine rings is 1. The first-order chi connectivity index (χ1) is 14.5. The number of aryl methyl sites for hydroxylation is 1. The number of rotatable bonds is 5. The molecule has 2 aromatic heterocycles. The molecular formula is C23H33N5O2. The summed E-state index contributed by atoms with van der Waals surface area (Å²) in [5, 5.41) is 0. The second kappa shape index (κ2) is 9.27. The summed E-state index contributed by atoms with van der Waals surface area (Å²) >= 11 is 0. The molecule has 1 N–H and O–H groups in total. The van der Waals surface area contributed by atoms with Gasteiger partial charge in [-0.15, -0.1) is 0 Å². The molecule has 2 unspecified atom stereocenters. The number of hydrogen-bond acceptors (Lipinski definition) is 6. The monoisotopic (exact) mass is 411 g/mol. The minimum Gasteiger partial charge on any atom is -0.373 e. The lowest BCUT2D eigenvalue weighted by molar-refractivity contribution is -0.0720. The topological polar surface area (TPSA) is 74.4 Å². The van der Waals surface area contributed by atoms with Crippen molar-refractivity contribution in [3.63, 3.8) is 0 Å². The molecule has 2 aliphatic heterocycles. The average Bonchev–Trinajstić information content (AvgIpc) is 2.73. The van der Waals surface area contributed by atoms with Crippen molar-refractivity contribution < 1.29 is 4.74 Å². The van der Waals surface area contributed by atoms with Gasteiger partial charge in [-0.05, 0) is 51.2 Å². The molecule has 7 heteroatoms. The molecule has 2 saturated heterocycles. The third kappa shape index (κ3) is 5.08. The van der Waals surface area contributed by atoms with Crippen LogP contribution in [-0.4, -0.2) is 64.8 Å². The van der Waals surface area contributed by atoms with E-state index >= 15 is 0 Å². The molecule has 0 amide bonds. The maximum Gasteiger partial charge on any atom is 0.251 e. The maximum absolute atomic E-state index is 11.8. The van der Waals surface area contributed by atoms with Crippen LogP contribution >= 0.6 is 0 Å². The standard InChI is InChI=1S/C23H33N5O2/c1-4-20-11-22(29)26-23(25-20)19-5-6-21(24-12-19)28-9-7-18(8-10-28)15-27-13-16(2)30-17(3)14-27/h5-6,11-12,16-18H,4,7-10,13-15H2,1-3H3,(H,25,26,29). The van der Waals surface area contributed by atoms with Gasteiger partial charge in [0.25, 0.3) is 5.56 Å². The molecule has 2 aromatic rings. The second-order valence-corrected chi connectivity index (χ2v) is 8.75. The molecule has 0 aromatic carbocycles. The molecule has 0 bridgehead atoms. The van der Waals surface area contributed by atoms with Gasteiger partial charge in [-0.2, -0.15) is 0 Å². The number of piperidine rings is 1. The third-order valence-electron chi connectivity index (χ3n) is 6.13. The van der Waals surface area contributed by atoms with Gasteiger partial charge in [0.1, 0.15) is 11.6 Å². The normalized spacial score (nSPS) is 23.6. The summed E-state index contributed by atoms with van der Waals surface area (Å²) < 4.78 is 5.86. The van der Waals surface area contributed by atoms with Gasteiger partial charge in [0.05, 0.1) is 12.2 Å². The number of nitrogens with zero attached hydrogens (tertiary/aromatic N) is 4. The fourth-order valence-corrected chi connectivity index (χ4v) is 4.68. The van der Waals surface area contributed by atoms with Crippen LogP contribution in [0, 0.1) is 5.92 Å². The highest BCUT2D eigenvalue weighted by molar-refractivity contribution is 5.56. The lowest BCUT2D eigenvalue weighted by atomic mass is 9.95. The molecule has 7 nitrogen and oxygen atoms in total. The van der Waals surface area contributed by atoms with E-state index in [-0.39, 0.29) is 5.56 Å². The van der Waals surface area contributed by atoms with Gasteiger partial charge >= 0.3 is 0 Å². The minimum absolute atomic E-state index is 0.118. The Morgan fingerprint density at radius 2 is 1.90 bits per heavy atom. The van der Waals surface area contributed by atoms with Gasteiger partial charge in [0.2, 0.25) is 0 Å². The third-order valence-corrected chi connectivity index (χ3v) is 6.13. The van der Waals surface area contributed by atoms with Gasteiger partial charge in [0, 0.05) is 56.2 Å². The molecular weight excluding hydrogens is 378 g/mol. The van der Waals surface area contributed by atoms with Crippen LogP contribution in [0.2, 0.25) is 0 Å². The number of aromatic amines is 1. The number of nitrogens with one attached hydrogen (secondary N) is 1. The van der Waals surface area contributed by atoms with E-state index in [0.717, 1.165) is 55.6 Å². The zero-order chi connectivity index (χ0) is 21.1. The van der Waals surface area contributed by atoms with Crippen LogP contribution in [0.1, 0.15) is 39.3 Å². The second-order valence-electron chi connectivity index (χ2n) is 8.75. The lowest BCUT2D eigenvalue weighted by Crippen LogP contribution is -2.48. The van der Waals surface area contributed by atoms with Crippen molar-refractivity contribution in [3.05, 3.63) is 40.4 Å². The van der Waals surface area contributed by atoms with Crippen molar-refractivity contribution in [2.75, 3.05) is 37.6 Å². The first-order valence-corrected chi connectivity index (χ1v) is 11.2. The van der Waals surface area contributed by atoms with Crippen molar-refractivity contribution in [1.82, 2.24) is 19.9 Å². The fraction of sp³-hybridized carbons (Fsp3) is 0.609. The minimum atomic E-state index is -0.118. The summed E-state index contributed by atoms with van der Waals surface area (Å²) in [4.78, 5) is 28.8. The first-order valence-electron chi connectivity index (χ1n) is 11.2. The number of H-pyrrole nitrogens is 1. The molecule has 162 valence electrons. The molecule has 0 aliphatic carbocycles. The van der Waals surface area contributed by atoms with Crippen LogP contribution in [-0.2, 0) is 11.2 Å². The van der Waals surface area contributed by atoms with E-state index in [2.05, 4.69) is 38.6 Å². The molecule has 4 heterocycles. The molecule has 4 rings (SSSR count). The van der Waals surface area contributed by atoms with E-state index in [0.29, 0.717) is 18.0 Å². The van der Waals surface area contributed by atoms with E-state index in [1.54, 1.807) is 6.07 Å². The summed E-state index contributed by atoms with van der Waals surface area (Å²) in [6, 6.07) is 5.59. The van der Waals surface area contributed by atoms with Crippen LogP contribution in [0.15, 0.2) is 29.2 Å². The number of anilines is 1. The Morgan fingerprint density at radius 1 is 1.17 bits per heavy atom. The molecule has 0 saturated carbocycles. The van der Waals surface area contributed by atoms with E-state index in [1.807, 2.05) is 25.3 Å². The molecule has 2 aliphatic rings. The van der Waals surface area contributed by atoms with Crippen molar-refractivity contribution in [1.29, 1.82) is 0 Å². The van der Waals surface area contributed by atoms with Crippen LogP contribution in [0.5, 0.6) is 0 Å². The van der Waals surface area contributed by atoms with Gasteiger partial charge in [0.15, 0.2) is 0 Å². The Labute approximate surface area is 178 Å². The van der Waals surface area contributed by atoms with Crippen LogP contribution < -0.4 is 10.5 Å².